The van der Waals surface area contributed by atoms with E-state index in [2.05, 4.69) is 40.6 Å². The smallest absolute Gasteiger partial charge is 0.156 e. The third kappa shape index (κ3) is 2.64. The van der Waals surface area contributed by atoms with Gasteiger partial charge in [0.05, 0.1) is 12.7 Å². The van der Waals surface area contributed by atoms with Crippen LogP contribution >= 0.6 is 0 Å². The van der Waals surface area contributed by atoms with E-state index in [4.69, 9.17) is 10.00 Å². The fourth-order valence-electron chi connectivity index (χ4n) is 3.05. The number of rotatable bonds is 1. The number of fused-ring (bicyclic) bond motifs is 1. The van der Waals surface area contributed by atoms with Crippen LogP contribution in [0, 0.1) is 11.3 Å². The highest BCUT2D eigenvalue weighted by Crippen LogP contribution is 2.30. The quantitative estimate of drug-likeness (QED) is 0.827. The zero-order chi connectivity index (χ0) is 13.1. The summed E-state index contributed by atoms with van der Waals surface area (Å²) in [6.45, 7) is 4.25. The second-order valence-corrected chi connectivity index (χ2v) is 5.16. The Labute approximate surface area is 114 Å². The summed E-state index contributed by atoms with van der Waals surface area (Å²) in [5, 5.41) is 12.5. The van der Waals surface area contributed by atoms with Gasteiger partial charge in [-0.3, -0.25) is 4.90 Å². The maximum Gasteiger partial charge on any atom is 0.156 e. The van der Waals surface area contributed by atoms with Gasteiger partial charge in [0, 0.05) is 25.7 Å². The monoisotopic (exact) mass is 257 g/mol. The molecule has 2 heterocycles. The Morgan fingerprint density at radius 3 is 3.16 bits per heavy atom. The molecule has 0 aromatic heterocycles. The van der Waals surface area contributed by atoms with Crippen molar-refractivity contribution in [2.75, 3.05) is 26.2 Å². The van der Waals surface area contributed by atoms with Gasteiger partial charge in [-0.1, -0.05) is 24.3 Å². The Morgan fingerprint density at radius 1 is 1.37 bits per heavy atom. The predicted octanol–water partition coefficient (Wildman–Crippen LogP) is 1.45. The molecule has 3 rings (SSSR count). The molecule has 0 saturated carbocycles. The summed E-state index contributed by atoms with van der Waals surface area (Å²) in [4.78, 5) is 2.41. The highest BCUT2D eigenvalue weighted by Gasteiger charge is 2.29. The molecule has 1 saturated heterocycles. The summed E-state index contributed by atoms with van der Waals surface area (Å²) in [7, 11) is 0. The van der Waals surface area contributed by atoms with Crippen molar-refractivity contribution in [3.8, 4) is 6.07 Å². The standard InChI is InChI=1S/C15H19N3O/c16-9-13-11-18(7-8-19-13)15-5-6-17-10-12-3-1-2-4-14(12)15/h1-4,13,15,17H,5-8,10-11H2. The van der Waals surface area contributed by atoms with Gasteiger partial charge in [0.2, 0.25) is 0 Å². The van der Waals surface area contributed by atoms with Crippen LogP contribution in [0.4, 0.5) is 0 Å². The van der Waals surface area contributed by atoms with E-state index in [1.54, 1.807) is 0 Å². The number of ether oxygens (including phenoxy) is 1. The Kier molecular flexibility index (Phi) is 3.79. The van der Waals surface area contributed by atoms with E-state index in [-0.39, 0.29) is 6.10 Å². The van der Waals surface area contributed by atoms with Crippen LogP contribution in [0.1, 0.15) is 23.6 Å². The SMILES string of the molecule is N#CC1CN(C2CCNCc3ccccc32)CCO1. The van der Waals surface area contributed by atoms with E-state index in [1.165, 1.54) is 11.1 Å². The van der Waals surface area contributed by atoms with Gasteiger partial charge in [-0.2, -0.15) is 5.26 Å². The molecule has 4 heteroatoms. The second kappa shape index (κ2) is 5.70. The molecule has 1 aromatic carbocycles. The first kappa shape index (κ1) is 12.6. The summed E-state index contributed by atoms with van der Waals surface area (Å²) < 4.78 is 5.45. The first-order valence-electron chi connectivity index (χ1n) is 6.92. The minimum Gasteiger partial charge on any atom is -0.361 e. The zero-order valence-electron chi connectivity index (χ0n) is 11.0. The van der Waals surface area contributed by atoms with Crippen molar-refractivity contribution in [1.82, 2.24) is 10.2 Å². The summed E-state index contributed by atoms with van der Waals surface area (Å²) in [6.07, 6.45) is 0.812. The van der Waals surface area contributed by atoms with Crippen molar-refractivity contribution in [2.45, 2.75) is 25.1 Å². The van der Waals surface area contributed by atoms with Crippen molar-refractivity contribution in [1.29, 1.82) is 5.26 Å². The van der Waals surface area contributed by atoms with E-state index < -0.39 is 0 Å². The maximum absolute atomic E-state index is 9.04. The third-order valence-corrected chi connectivity index (χ3v) is 4.01. The fourth-order valence-corrected chi connectivity index (χ4v) is 3.05. The summed E-state index contributed by atoms with van der Waals surface area (Å²) >= 11 is 0. The Balaban J connectivity index is 1.85. The van der Waals surface area contributed by atoms with Gasteiger partial charge >= 0.3 is 0 Å². The van der Waals surface area contributed by atoms with E-state index in [9.17, 15) is 0 Å². The molecule has 0 radical (unpaired) electrons. The summed E-state index contributed by atoms with van der Waals surface area (Å²) in [5.74, 6) is 0. The molecule has 19 heavy (non-hydrogen) atoms. The van der Waals surface area contributed by atoms with Gasteiger partial charge in [0.1, 0.15) is 0 Å². The van der Waals surface area contributed by atoms with E-state index >= 15 is 0 Å². The molecular formula is C15H19N3O. The van der Waals surface area contributed by atoms with Crippen LogP contribution in [0.15, 0.2) is 24.3 Å². The van der Waals surface area contributed by atoms with Crippen molar-refractivity contribution in [2.24, 2.45) is 0 Å². The maximum atomic E-state index is 9.04. The largest absolute Gasteiger partial charge is 0.361 e. The van der Waals surface area contributed by atoms with Crippen molar-refractivity contribution in [3.63, 3.8) is 0 Å². The predicted molar refractivity (Wildman–Crippen MR) is 72.4 cm³/mol. The highest BCUT2D eigenvalue weighted by molar-refractivity contribution is 5.31. The second-order valence-electron chi connectivity index (χ2n) is 5.16. The fraction of sp³-hybridized carbons (Fsp3) is 0.533. The number of nitrogens with zero attached hydrogens (tertiary/aromatic N) is 2. The number of benzene rings is 1. The topological polar surface area (TPSA) is 48.3 Å². The number of hydrogen-bond donors (Lipinski definition) is 1. The number of morpholine rings is 1. The minimum absolute atomic E-state index is 0.280. The number of nitriles is 1. The molecule has 0 amide bonds. The summed E-state index contributed by atoms with van der Waals surface area (Å²) in [5.41, 5.74) is 2.79. The Morgan fingerprint density at radius 2 is 2.26 bits per heavy atom. The lowest BCUT2D eigenvalue weighted by Gasteiger charge is -2.36. The van der Waals surface area contributed by atoms with E-state index in [1.807, 2.05) is 0 Å². The van der Waals surface area contributed by atoms with Crippen LogP contribution in [0.25, 0.3) is 0 Å². The molecular weight excluding hydrogens is 238 g/mol. The van der Waals surface area contributed by atoms with Gasteiger partial charge in [0.15, 0.2) is 6.10 Å². The van der Waals surface area contributed by atoms with Crippen LogP contribution in [0.2, 0.25) is 0 Å². The molecule has 1 N–H and O–H groups in total. The lowest BCUT2D eigenvalue weighted by atomic mass is 9.97. The molecule has 0 spiro atoms. The molecule has 2 atom stereocenters. The molecule has 2 unspecified atom stereocenters. The van der Waals surface area contributed by atoms with Crippen LogP contribution in [0.3, 0.4) is 0 Å². The van der Waals surface area contributed by atoms with Crippen molar-refractivity contribution < 1.29 is 4.74 Å². The van der Waals surface area contributed by atoms with Crippen molar-refractivity contribution >= 4 is 0 Å². The van der Waals surface area contributed by atoms with E-state index in [0.717, 1.165) is 32.6 Å². The minimum atomic E-state index is -0.280. The van der Waals surface area contributed by atoms with Crippen LogP contribution in [0.5, 0.6) is 0 Å². The molecule has 0 aliphatic carbocycles. The molecule has 0 bridgehead atoms. The normalized spacial score (nSPS) is 28.2. The molecule has 1 aromatic rings. The highest BCUT2D eigenvalue weighted by atomic mass is 16.5. The Hall–Kier alpha value is -1.41. The third-order valence-electron chi connectivity index (χ3n) is 4.01. The average Bonchev–Trinajstić information content (AvgIpc) is 2.69. The first-order valence-corrected chi connectivity index (χ1v) is 6.92. The van der Waals surface area contributed by atoms with Crippen LogP contribution < -0.4 is 5.32 Å². The van der Waals surface area contributed by atoms with Gasteiger partial charge in [-0.25, -0.2) is 0 Å². The molecule has 1 fully saturated rings. The zero-order valence-corrected chi connectivity index (χ0v) is 11.0. The summed E-state index contributed by atoms with van der Waals surface area (Å²) in [6, 6.07) is 11.3. The van der Waals surface area contributed by atoms with E-state index in [0.29, 0.717) is 12.6 Å². The van der Waals surface area contributed by atoms with Gasteiger partial charge < -0.3 is 10.1 Å². The molecule has 2 aliphatic heterocycles. The van der Waals surface area contributed by atoms with Gasteiger partial charge in [-0.05, 0) is 24.1 Å². The van der Waals surface area contributed by atoms with Gasteiger partial charge in [0.25, 0.3) is 0 Å². The average molecular weight is 257 g/mol. The first-order chi connectivity index (χ1) is 9.38. The van der Waals surface area contributed by atoms with Gasteiger partial charge in [-0.15, -0.1) is 0 Å². The number of nitrogens with one attached hydrogen (secondary N) is 1. The molecule has 100 valence electrons. The van der Waals surface area contributed by atoms with Crippen LogP contribution in [-0.2, 0) is 11.3 Å². The van der Waals surface area contributed by atoms with Crippen molar-refractivity contribution in [3.05, 3.63) is 35.4 Å². The lowest BCUT2D eigenvalue weighted by molar-refractivity contribution is -0.0186. The molecule has 2 aliphatic rings. The van der Waals surface area contributed by atoms with Crippen LogP contribution in [-0.4, -0.2) is 37.2 Å². The lowest BCUT2D eigenvalue weighted by Crippen LogP contribution is -2.44. The number of hydrogen-bond acceptors (Lipinski definition) is 4. The molecule has 4 nitrogen and oxygen atoms in total. The Bertz CT molecular complexity index is 483.